The molecule has 1 saturated heterocycles. The molecule has 1 heterocycles. The molecule has 0 radical (unpaired) electrons. The number of carbonyl (C=O) groups is 1. The summed E-state index contributed by atoms with van der Waals surface area (Å²) in [5.74, 6) is -0.157. The average molecular weight is 234 g/mol. The van der Waals surface area contributed by atoms with Crippen LogP contribution in [0, 0.1) is 0 Å². The number of nitrogens with one attached hydrogen (secondary N) is 1. The minimum absolute atomic E-state index is 0.157. The zero-order valence-corrected chi connectivity index (χ0v) is 10.0. The fourth-order valence-corrected chi connectivity index (χ4v) is 1.96. The Bertz CT molecular complexity index is 412. The molecule has 17 heavy (non-hydrogen) atoms. The van der Waals surface area contributed by atoms with E-state index in [1.807, 2.05) is 24.3 Å². The van der Waals surface area contributed by atoms with Crippen LogP contribution in [0.1, 0.15) is 18.9 Å². The summed E-state index contributed by atoms with van der Waals surface area (Å²) in [6.45, 7) is 2.91. The van der Waals surface area contributed by atoms with Crippen molar-refractivity contribution in [1.82, 2.24) is 0 Å². The molecular formula is C13H18N2O2. The van der Waals surface area contributed by atoms with Crippen molar-refractivity contribution in [3.63, 3.8) is 0 Å². The van der Waals surface area contributed by atoms with Gasteiger partial charge < -0.3 is 15.8 Å². The summed E-state index contributed by atoms with van der Waals surface area (Å²) < 4.78 is 5.19. The van der Waals surface area contributed by atoms with E-state index in [-0.39, 0.29) is 5.91 Å². The first-order chi connectivity index (χ1) is 8.15. The molecule has 0 spiro atoms. The monoisotopic (exact) mass is 234 g/mol. The van der Waals surface area contributed by atoms with Crippen LogP contribution in [0.3, 0.4) is 0 Å². The maximum atomic E-state index is 12.1. The Morgan fingerprint density at radius 3 is 2.94 bits per heavy atom. The van der Waals surface area contributed by atoms with E-state index >= 15 is 0 Å². The zero-order chi connectivity index (χ0) is 12.3. The normalized spacial score (nSPS) is 23.6. The molecule has 1 aliphatic heterocycles. The summed E-state index contributed by atoms with van der Waals surface area (Å²) in [5, 5.41) is 2.90. The van der Waals surface area contributed by atoms with Crippen LogP contribution in [0.15, 0.2) is 24.3 Å². The van der Waals surface area contributed by atoms with Crippen molar-refractivity contribution in [3.8, 4) is 0 Å². The number of ether oxygens (including phenoxy) is 1. The second-order valence-electron chi connectivity index (χ2n) is 4.42. The minimum Gasteiger partial charge on any atom is -0.379 e. The maximum absolute atomic E-state index is 12.1. The number of benzene rings is 1. The Kier molecular flexibility index (Phi) is 3.45. The first-order valence-corrected chi connectivity index (χ1v) is 5.92. The summed E-state index contributed by atoms with van der Waals surface area (Å²) in [6, 6.07) is 7.77. The summed E-state index contributed by atoms with van der Waals surface area (Å²) >= 11 is 0. The van der Waals surface area contributed by atoms with Crippen molar-refractivity contribution in [2.75, 3.05) is 18.5 Å². The van der Waals surface area contributed by atoms with Gasteiger partial charge in [0.15, 0.2) is 0 Å². The van der Waals surface area contributed by atoms with Gasteiger partial charge in [0.1, 0.15) is 5.54 Å². The predicted molar refractivity (Wildman–Crippen MR) is 66.8 cm³/mol. The van der Waals surface area contributed by atoms with Crippen molar-refractivity contribution >= 4 is 11.6 Å². The molecule has 2 rings (SSSR count). The highest BCUT2D eigenvalue weighted by molar-refractivity contribution is 5.98. The Labute approximate surface area is 101 Å². The van der Waals surface area contributed by atoms with Gasteiger partial charge in [-0.2, -0.15) is 0 Å². The molecule has 4 nitrogen and oxygen atoms in total. The molecule has 1 aromatic rings. The molecule has 1 fully saturated rings. The van der Waals surface area contributed by atoms with Crippen molar-refractivity contribution in [2.45, 2.75) is 25.3 Å². The molecule has 1 aromatic carbocycles. The van der Waals surface area contributed by atoms with Crippen LogP contribution in [0.25, 0.3) is 0 Å². The molecular weight excluding hydrogens is 216 g/mol. The SMILES string of the molecule is CCc1ccccc1NC(=O)C1(N)CCOC1. The third-order valence-electron chi connectivity index (χ3n) is 3.15. The third kappa shape index (κ3) is 2.48. The van der Waals surface area contributed by atoms with E-state index < -0.39 is 5.54 Å². The lowest BCUT2D eigenvalue weighted by atomic mass is 9.98. The molecule has 1 unspecified atom stereocenters. The van der Waals surface area contributed by atoms with Gasteiger partial charge in [-0.3, -0.25) is 4.79 Å². The summed E-state index contributed by atoms with van der Waals surface area (Å²) in [5.41, 5.74) is 7.09. The van der Waals surface area contributed by atoms with Crippen molar-refractivity contribution in [3.05, 3.63) is 29.8 Å². The first-order valence-electron chi connectivity index (χ1n) is 5.92. The molecule has 1 aliphatic rings. The van der Waals surface area contributed by atoms with Crippen molar-refractivity contribution in [2.24, 2.45) is 5.73 Å². The smallest absolute Gasteiger partial charge is 0.246 e. The third-order valence-corrected chi connectivity index (χ3v) is 3.15. The van der Waals surface area contributed by atoms with Gasteiger partial charge in [-0.25, -0.2) is 0 Å². The Hall–Kier alpha value is -1.39. The highest BCUT2D eigenvalue weighted by atomic mass is 16.5. The quantitative estimate of drug-likeness (QED) is 0.828. The van der Waals surface area contributed by atoms with Gasteiger partial charge in [0, 0.05) is 12.3 Å². The van der Waals surface area contributed by atoms with Crippen LogP contribution in [0.2, 0.25) is 0 Å². The van der Waals surface area contributed by atoms with Crippen LogP contribution >= 0.6 is 0 Å². The largest absolute Gasteiger partial charge is 0.379 e. The number of carbonyl (C=O) groups excluding carboxylic acids is 1. The van der Waals surface area contributed by atoms with Crippen LogP contribution in [-0.2, 0) is 16.0 Å². The van der Waals surface area contributed by atoms with E-state index in [9.17, 15) is 4.79 Å². The van der Waals surface area contributed by atoms with Gasteiger partial charge in [0.25, 0.3) is 0 Å². The number of amides is 1. The van der Waals surface area contributed by atoms with Gasteiger partial charge >= 0.3 is 0 Å². The molecule has 0 aliphatic carbocycles. The van der Waals surface area contributed by atoms with Crippen LogP contribution < -0.4 is 11.1 Å². The second-order valence-corrected chi connectivity index (χ2v) is 4.42. The molecule has 4 heteroatoms. The van der Waals surface area contributed by atoms with Crippen molar-refractivity contribution in [1.29, 1.82) is 0 Å². The van der Waals surface area contributed by atoms with Gasteiger partial charge in [0.05, 0.1) is 6.61 Å². The number of para-hydroxylation sites is 1. The standard InChI is InChI=1S/C13H18N2O2/c1-2-10-5-3-4-6-11(10)15-12(16)13(14)7-8-17-9-13/h3-6H,2,7-9,14H2,1H3,(H,15,16). The van der Waals surface area contributed by atoms with Gasteiger partial charge in [-0.1, -0.05) is 25.1 Å². The Morgan fingerprint density at radius 2 is 2.29 bits per heavy atom. The van der Waals surface area contributed by atoms with E-state index in [1.54, 1.807) is 0 Å². The van der Waals surface area contributed by atoms with E-state index in [0.29, 0.717) is 19.6 Å². The lowest BCUT2D eigenvalue weighted by Gasteiger charge is -2.21. The zero-order valence-electron chi connectivity index (χ0n) is 10.0. The molecule has 1 atom stereocenters. The molecule has 0 aromatic heterocycles. The fourth-order valence-electron chi connectivity index (χ4n) is 1.96. The highest BCUT2D eigenvalue weighted by Crippen LogP contribution is 2.20. The Balaban J connectivity index is 2.12. The van der Waals surface area contributed by atoms with E-state index in [1.165, 1.54) is 0 Å². The minimum atomic E-state index is -0.874. The van der Waals surface area contributed by atoms with Crippen LogP contribution in [0.4, 0.5) is 5.69 Å². The number of rotatable bonds is 3. The lowest BCUT2D eigenvalue weighted by Crippen LogP contribution is -2.51. The number of aryl methyl sites for hydroxylation is 1. The molecule has 0 bridgehead atoms. The molecule has 0 saturated carbocycles. The van der Waals surface area contributed by atoms with Gasteiger partial charge in [-0.05, 0) is 24.5 Å². The topological polar surface area (TPSA) is 64.4 Å². The number of nitrogens with two attached hydrogens (primary N) is 1. The fraction of sp³-hybridized carbons (Fsp3) is 0.462. The maximum Gasteiger partial charge on any atom is 0.246 e. The highest BCUT2D eigenvalue weighted by Gasteiger charge is 2.38. The van der Waals surface area contributed by atoms with Crippen LogP contribution in [-0.4, -0.2) is 24.7 Å². The lowest BCUT2D eigenvalue weighted by molar-refractivity contribution is -0.121. The summed E-state index contributed by atoms with van der Waals surface area (Å²) in [7, 11) is 0. The average Bonchev–Trinajstić information content (AvgIpc) is 2.78. The summed E-state index contributed by atoms with van der Waals surface area (Å²) in [6.07, 6.45) is 1.46. The van der Waals surface area contributed by atoms with E-state index in [4.69, 9.17) is 10.5 Å². The number of hydrogen-bond acceptors (Lipinski definition) is 3. The van der Waals surface area contributed by atoms with Crippen LogP contribution in [0.5, 0.6) is 0 Å². The Morgan fingerprint density at radius 1 is 1.53 bits per heavy atom. The number of anilines is 1. The van der Waals surface area contributed by atoms with Gasteiger partial charge in [-0.15, -0.1) is 0 Å². The van der Waals surface area contributed by atoms with Gasteiger partial charge in [0.2, 0.25) is 5.91 Å². The molecule has 3 N–H and O–H groups in total. The second kappa shape index (κ2) is 4.85. The van der Waals surface area contributed by atoms with E-state index in [0.717, 1.165) is 17.7 Å². The summed E-state index contributed by atoms with van der Waals surface area (Å²) in [4.78, 5) is 12.1. The van der Waals surface area contributed by atoms with Crippen molar-refractivity contribution < 1.29 is 9.53 Å². The number of hydrogen-bond donors (Lipinski definition) is 2. The molecule has 1 amide bonds. The molecule has 92 valence electrons. The van der Waals surface area contributed by atoms with E-state index in [2.05, 4.69) is 12.2 Å². The first kappa shape index (κ1) is 12.1. The predicted octanol–water partition coefficient (Wildman–Crippen LogP) is 1.31.